The van der Waals surface area contributed by atoms with Crippen LogP contribution in [0.5, 0.6) is 5.75 Å². The molecule has 0 radical (unpaired) electrons. The summed E-state index contributed by atoms with van der Waals surface area (Å²) in [4.78, 5) is 0. The van der Waals surface area contributed by atoms with Crippen LogP contribution in [-0.2, 0) is 6.54 Å². The molecule has 0 bridgehead atoms. The fourth-order valence-electron chi connectivity index (χ4n) is 1.70. The molecule has 2 rings (SSSR count). The van der Waals surface area contributed by atoms with Gasteiger partial charge in [-0.1, -0.05) is 41.4 Å². The van der Waals surface area contributed by atoms with Crippen molar-refractivity contribution in [3.8, 4) is 5.75 Å². The molecule has 112 valence electrons. The maximum absolute atomic E-state index is 12.3. The number of benzene rings is 2. The first-order chi connectivity index (χ1) is 9.85. The Kier molecular flexibility index (Phi) is 4.85. The lowest BCUT2D eigenvalue weighted by atomic mass is 10.2. The molecule has 0 heterocycles. The van der Waals surface area contributed by atoms with Crippen LogP contribution in [0, 0.1) is 0 Å². The molecule has 21 heavy (non-hydrogen) atoms. The molecule has 2 aromatic rings. The predicted octanol–water partition coefficient (Wildman–Crippen LogP) is 5.50. The first-order valence-electron chi connectivity index (χ1n) is 5.88. The predicted molar refractivity (Wildman–Crippen MR) is 76.9 cm³/mol. The first-order valence-corrected chi connectivity index (χ1v) is 6.63. The van der Waals surface area contributed by atoms with E-state index in [0.717, 1.165) is 0 Å². The third-order valence-corrected chi connectivity index (χ3v) is 3.15. The average molecular weight is 336 g/mol. The third kappa shape index (κ3) is 4.72. The number of anilines is 1. The fourth-order valence-corrected chi connectivity index (χ4v) is 2.17. The molecular formula is C14H10Cl2F3NO. The van der Waals surface area contributed by atoms with E-state index in [1.165, 1.54) is 18.2 Å². The molecule has 0 aliphatic carbocycles. The number of halogens is 5. The molecule has 1 N–H and O–H groups in total. The van der Waals surface area contributed by atoms with Gasteiger partial charge in [-0.3, -0.25) is 0 Å². The van der Waals surface area contributed by atoms with E-state index < -0.39 is 6.36 Å². The van der Waals surface area contributed by atoms with Crippen LogP contribution in [0.1, 0.15) is 5.56 Å². The summed E-state index contributed by atoms with van der Waals surface area (Å²) < 4.78 is 40.9. The highest BCUT2D eigenvalue weighted by Gasteiger charge is 2.31. The topological polar surface area (TPSA) is 21.3 Å². The Labute approximate surface area is 129 Å². The van der Waals surface area contributed by atoms with Gasteiger partial charge in [-0.2, -0.15) is 0 Å². The minimum Gasteiger partial charge on any atom is -0.405 e. The van der Waals surface area contributed by atoms with Gasteiger partial charge in [-0.25, -0.2) is 0 Å². The Morgan fingerprint density at radius 1 is 1.05 bits per heavy atom. The summed E-state index contributed by atoms with van der Waals surface area (Å²) in [6, 6.07) is 10.7. The van der Waals surface area contributed by atoms with Gasteiger partial charge in [-0.15, -0.1) is 13.2 Å². The van der Waals surface area contributed by atoms with Gasteiger partial charge in [0.1, 0.15) is 5.75 Å². The molecule has 0 saturated heterocycles. The monoisotopic (exact) mass is 335 g/mol. The van der Waals surface area contributed by atoms with Gasteiger partial charge < -0.3 is 10.1 Å². The van der Waals surface area contributed by atoms with E-state index in [4.69, 9.17) is 23.2 Å². The lowest BCUT2D eigenvalue weighted by Gasteiger charge is -2.14. The zero-order valence-electron chi connectivity index (χ0n) is 10.5. The van der Waals surface area contributed by atoms with Gasteiger partial charge >= 0.3 is 6.36 Å². The van der Waals surface area contributed by atoms with Gasteiger partial charge in [-0.05, 0) is 24.3 Å². The molecule has 0 unspecified atom stereocenters. The van der Waals surface area contributed by atoms with Crippen molar-refractivity contribution in [2.75, 3.05) is 5.32 Å². The van der Waals surface area contributed by atoms with E-state index in [-0.39, 0.29) is 12.3 Å². The summed E-state index contributed by atoms with van der Waals surface area (Å²) in [6.45, 7) is 0.133. The second-order valence-electron chi connectivity index (χ2n) is 4.13. The Balaban J connectivity index is 2.13. The number of hydrogen-bond donors (Lipinski definition) is 1. The summed E-state index contributed by atoms with van der Waals surface area (Å²) in [7, 11) is 0. The Bertz CT molecular complexity index is 632. The Morgan fingerprint density at radius 3 is 2.43 bits per heavy atom. The van der Waals surface area contributed by atoms with Crippen LogP contribution in [0.15, 0.2) is 42.5 Å². The van der Waals surface area contributed by atoms with E-state index in [1.807, 2.05) is 0 Å². The molecule has 0 amide bonds. The van der Waals surface area contributed by atoms with Crippen LogP contribution in [-0.4, -0.2) is 6.36 Å². The van der Waals surface area contributed by atoms with Crippen molar-refractivity contribution < 1.29 is 17.9 Å². The number of alkyl halides is 3. The van der Waals surface area contributed by atoms with E-state index in [1.54, 1.807) is 24.3 Å². The van der Waals surface area contributed by atoms with Gasteiger partial charge in [0.2, 0.25) is 0 Å². The van der Waals surface area contributed by atoms with Crippen molar-refractivity contribution >= 4 is 28.9 Å². The highest BCUT2D eigenvalue weighted by Crippen LogP contribution is 2.29. The van der Waals surface area contributed by atoms with Crippen molar-refractivity contribution in [1.29, 1.82) is 0 Å². The van der Waals surface area contributed by atoms with Crippen molar-refractivity contribution in [2.24, 2.45) is 0 Å². The maximum Gasteiger partial charge on any atom is 0.573 e. The highest BCUT2D eigenvalue weighted by molar-refractivity contribution is 6.36. The molecular weight excluding hydrogens is 326 g/mol. The lowest BCUT2D eigenvalue weighted by Crippen LogP contribution is -2.18. The molecule has 0 fully saturated rings. The van der Waals surface area contributed by atoms with Crippen LogP contribution in [0.25, 0.3) is 0 Å². The number of para-hydroxylation sites is 1. The van der Waals surface area contributed by atoms with E-state index in [2.05, 4.69) is 10.1 Å². The highest BCUT2D eigenvalue weighted by atomic mass is 35.5. The Hall–Kier alpha value is -1.59. The molecule has 2 aromatic carbocycles. The van der Waals surface area contributed by atoms with Gasteiger partial charge in [0.15, 0.2) is 0 Å². The van der Waals surface area contributed by atoms with Gasteiger partial charge in [0.25, 0.3) is 0 Å². The van der Waals surface area contributed by atoms with Crippen molar-refractivity contribution in [3.05, 3.63) is 58.1 Å². The smallest absolute Gasteiger partial charge is 0.405 e. The van der Waals surface area contributed by atoms with Gasteiger partial charge in [0.05, 0.1) is 10.7 Å². The molecule has 2 nitrogen and oxygen atoms in total. The first kappa shape index (κ1) is 15.8. The van der Waals surface area contributed by atoms with Crippen molar-refractivity contribution in [1.82, 2.24) is 0 Å². The quantitative estimate of drug-likeness (QED) is 0.796. The van der Waals surface area contributed by atoms with Crippen LogP contribution >= 0.6 is 23.2 Å². The molecule has 0 aliphatic rings. The second kappa shape index (κ2) is 6.45. The number of hydrogen-bond acceptors (Lipinski definition) is 2. The number of nitrogens with one attached hydrogen (secondary N) is 1. The minimum atomic E-state index is -4.73. The SMILES string of the molecule is FC(F)(F)Oc1ccccc1CNc1ccc(Cl)cc1Cl. The second-order valence-corrected chi connectivity index (χ2v) is 4.98. The van der Waals surface area contributed by atoms with E-state index >= 15 is 0 Å². The summed E-state index contributed by atoms with van der Waals surface area (Å²) in [5.74, 6) is -0.248. The minimum absolute atomic E-state index is 0.133. The number of rotatable bonds is 4. The Morgan fingerprint density at radius 2 is 1.76 bits per heavy atom. The van der Waals surface area contributed by atoms with Crippen molar-refractivity contribution in [3.63, 3.8) is 0 Å². The molecule has 0 aliphatic heterocycles. The zero-order chi connectivity index (χ0) is 15.5. The van der Waals surface area contributed by atoms with Crippen LogP contribution in [0.2, 0.25) is 10.0 Å². The zero-order valence-corrected chi connectivity index (χ0v) is 12.1. The van der Waals surface area contributed by atoms with E-state index in [9.17, 15) is 13.2 Å². The molecule has 0 aromatic heterocycles. The van der Waals surface area contributed by atoms with E-state index in [0.29, 0.717) is 21.3 Å². The normalized spacial score (nSPS) is 11.3. The number of ether oxygens (including phenoxy) is 1. The molecule has 0 spiro atoms. The summed E-state index contributed by atoms with van der Waals surface area (Å²) in [5.41, 5.74) is 0.934. The largest absolute Gasteiger partial charge is 0.573 e. The molecule has 0 atom stereocenters. The summed E-state index contributed by atoms with van der Waals surface area (Å²) in [6.07, 6.45) is -4.73. The molecule has 7 heteroatoms. The van der Waals surface area contributed by atoms with Crippen LogP contribution in [0.4, 0.5) is 18.9 Å². The average Bonchev–Trinajstić information content (AvgIpc) is 2.37. The fraction of sp³-hybridized carbons (Fsp3) is 0.143. The third-order valence-electron chi connectivity index (χ3n) is 2.60. The van der Waals surface area contributed by atoms with Crippen LogP contribution < -0.4 is 10.1 Å². The molecule has 0 saturated carbocycles. The van der Waals surface area contributed by atoms with Crippen LogP contribution in [0.3, 0.4) is 0 Å². The lowest BCUT2D eigenvalue weighted by molar-refractivity contribution is -0.274. The van der Waals surface area contributed by atoms with Crippen molar-refractivity contribution in [2.45, 2.75) is 12.9 Å². The summed E-state index contributed by atoms with van der Waals surface area (Å²) in [5, 5.41) is 3.81. The summed E-state index contributed by atoms with van der Waals surface area (Å²) >= 11 is 11.8. The van der Waals surface area contributed by atoms with Gasteiger partial charge in [0, 0.05) is 17.1 Å². The maximum atomic E-state index is 12.3. The standard InChI is InChI=1S/C14H10Cl2F3NO/c15-10-5-6-12(11(16)7-10)20-8-9-3-1-2-4-13(9)21-14(17,18)19/h1-7,20H,8H2.